The monoisotopic (exact) mass is 308 g/mol. The minimum atomic E-state index is -0.566. The number of amides is 1. The molecule has 3 nitrogen and oxygen atoms in total. The fraction of sp³-hybridized carbons (Fsp3) is 0.222. The highest BCUT2D eigenvalue weighted by Gasteiger charge is 2.57. The van der Waals surface area contributed by atoms with Gasteiger partial charge in [0.1, 0.15) is 6.04 Å². The third kappa shape index (κ3) is 1.71. The van der Waals surface area contributed by atoms with E-state index in [1.807, 2.05) is 30.3 Å². The molecule has 1 saturated carbocycles. The molecule has 1 unspecified atom stereocenters. The van der Waals surface area contributed by atoms with Crippen molar-refractivity contribution in [2.24, 2.45) is 0 Å². The molecule has 2 aliphatic rings. The Bertz CT molecular complexity index is 806. The van der Waals surface area contributed by atoms with Crippen LogP contribution in [-0.2, 0) is 5.54 Å². The average molecular weight is 309 g/mol. The molecule has 0 radical (unpaired) electrons. The summed E-state index contributed by atoms with van der Waals surface area (Å²) >= 11 is 6.05. The zero-order chi connectivity index (χ0) is 15.3. The van der Waals surface area contributed by atoms with E-state index >= 15 is 0 Å². The van der Waals surface area contributed by atoms with Crippen LogP contribution in [0.4, 0.5) is 0 Å². The van der Waals surface area contributed by atoms with E-state index in [1.54, 1.807) is 23.1 Å². The molecule has 0 spiro atoms. The Labute approximate surface area is 133 Å². The number of nitriles is 1. The Morgan fingerprint density at radius 2 is 1.91 bits per heavy atom. The first-order chi connectivity index (χ1) is 10.7. The smallest absolute Gasteiger partial charge is 0.256 e. The lowest BCUT2D eigenvalue weighted by molar-refractivity contribution is 0.0635. The molecular formula is C18H13ClN2O. The van der Waals surface area contributed by atoms with Gasteiger partial charge in [0.25, 0.3) is 5.91 Å². The highest BCUT2D eigenvalue weighted by atomic mass is 35.5. The summed E-state index contributed by atoms with van der Waals surface area (Å²) in [4.78, 5) is 14.6. The number of carbonyl (C=O) groups excluding carboxylic acids is 1. The van der Waals surface area contributed by atoms with Crippen LogP contribution in [0.5, 0.6) is 0 Å². The highest BCUT2D eigenvalue weighted by Crippen LogP contribution is 2.56. The highest BCUT2D eigenvalue weighted by molar-refractivity contribution is 6.30. The van der Waals surface area contributed by atoms with Gasteiger partial charge in [0, 0.05) is 16.1 Å². The summed E-state index contributed by atoms with van der Waals surface area (Å²) in [5.41, 5.74) is 2.08. The molecule has 2 aromatic rings. The van der Waals surface area contributed by atoms with Crippen LogP contribution in [0.25, 0.3) is 0 Å². The van der Waals surface area contributed by atoms with Crippen LogP contribution in [0.2, 0.25) is 5.02 Å². The Kier molecular flexibility index (Phi) is 2.79. The van der Waals surface area contributed by atoms with Crippen LogP contribution in [-0.4, -0.2) is 10.8 Å². The first-order valence-corrected chi connectivity index (χ1v) is 7.63. The average Bonchev–Trinajstić information content (AvgIpc) is 3.29. The summed E-state index contributed by atoms with van der Waals surface area (Å²) in [7, 11) is 0. The van der Waals surface area contributed by atoms with Gasteiger partial charge in [0.15, 0.2) is 0 Å². The molecule has 1 atom stereocenters. The second-order valence-electron chi connectivity index (χ2n) is 5.84. The largest absolute Gasteiger partial charge is 0.309 e. The Balaban J connectivity index is 1.84. The predicted molar refractivity (Wildman–Crippen MR) is 83.3 cm³/mol. The molecule has 1 aliphatic carbocycles. The van der Waals surface area contributed by atoms with Crippen molar-refractivity contribution in [2.75, 3.05) is 0 Å². The number of rotatable bonds is 2. The summed E-state index contributed by atoms with van der Waals surface area (Å²) < 4.78 is 0. The number of hydrogen-bond donors (Lipinski definition) is 0. The number of benzene rings is 2. The van der Waals surface area contributed by atoms with Crippen molar-refractivity contribution in [3.05, 3.63) is 70.2 Å². The van der Waals surface area contributed by atoms with Crippen LogP contribution in [0.1, 0.15) is 40.4 Å². The van der Waals surface area contributed by atoms with Crippen molar-refractivity contribution in [1.82, 2.24) is 4.90 Å². The number of carbonyl (C=O) groups is 1. The van der Waals surface area contributed by atoms with Gasteiger partial charge in [0.2, 0.25) is 0 Å². The lowest BCUT2D eigenvalue weighted by Gasteiger charge is -2.31. The molecule has 4 rings (SSSR count). The minimum Gasteiger partial charge on any atom is -0.309 e. The van der Waals surface area contributed by atoms with Crippen molar-refractivity contribution >= 4 is 17.5 Å². The summed E-state index contributed by atoms with van der Waals surface area (Å²) in [6.45, 7) is 0. The molecule has 0 N–H and O–H groups in total. The normalized spacial score (nSPS) is 21.4. The van der Waals surface area contributed by atoms with E-state index in [-0.39, 0.29) is 11.4 Å². The Hall–Kier alpha value is -2.31. The van der Waals surface area contributed by atoms with E-state index in [0.717, 1.165) is 24.0 Å². The first-order valence-electron chi connectivity index (χ1n) is 7.26. The molecule has 4 heteroatoms. The molecule has 2 aromatic carbocycles. The third-order valence-electron chi connectivity index (χ3n) is 4.63. The molecule has 1 fully saturated rings. The second-order valence-corrected chi connectivity index (χ2v) is 6.27. The second kappa shape index (κ2) is 4.59. The maximum absolute atomic E-state index is 12.9. The SMILES string of the molecule is N#CC1c2cc(Cl)ccc2C(=O)N1C1(c2ccccc2)CC1. The van der Waals surface area contributed by atoms with Gasteiger partial charge in [-0.1, -0.05) is 41.9 Å². The quantitative estimate of drug-likeness (QED) is 0.840. The zero-order valence-corrected chi connectivity index (χ0v) is 12.5. The topological polar surface area (TPSA) is 44.1 Å². The van der Waals surface area contributed by atoms with Crippen molar-refractivity contribution < 1.29 is 4.79 Å². The van der Waals surface area contributed by atoms with Crippen LogP contribution < -0.4 is 0 Å². The summed E-state index contributed by atoms with van der Waals surface area (Å²) in [5, 5.41) is 10.2. The number of hydrogen-bond acceptors (Lipinski definition) is 2. The molecule has 0 aromatic heterocycles. The van der Waals surface area contributed by atoms with Gasteiger partial charge in [-0.05, 0) is 36.6 Å². The van der Waals surface area contributed by atoms with Crippen LogP contribution >= 0.6 is 11.6 Å². The minimum absolute atomic E-state index is 0.0698. The van der Waals surface area contributed by atoms with Gasteiger partial charge in [-0.2, -0.15) is 5.26 Å². The van der Waals surface area contributed by atoms with Gasteiger partial charge in [-0.25, -0.2) is 0 Å². The summed E-state index contributed by atoms with van der Waals surface area (Å²) in [6, 6.07) is 16.9. The Morgan fingerprint density at radius 1 is 1.18 bits per heavy atom. The van der Waals surface area contributed by atoms with Crippen molar-refractivity contribution in [3.8, 4) is 6.07 Å². The van der Waals surface area contributed by atoms with Crippen molar-refractivity contribution in [1.29, 1.82) is 5.26 Å². The zero-order valence-electron chi connectivity index (χ0n) is 11.8. The maximum Gasteiger partial charge on any atom is 0.256 e. The first kappa shape index (κ1) is 13.4. The third-order valence-corrected chi connectivity index (χ3v) is 4.87. The summed E-state index contributed by atoms with van der Waals surface area (Å²) in [6.07, 6.45) is 1.78. The van der Waals surface area contributed by atoms with Crippen molar-refractivity contribution in [2.45, 2.75) is 24.4 Å². The molecule has 0 bridgehead atoms. The molecule has 1 aliphatic heterocycles. The lowest BCUT2D eigenvalue weighted by Crippen LogP contribution is -2.38. The van der Waals surface area contributed by atoms with Gasteiger partial charge in [0.05, 0.1) is 11.6 Å². The van der Waals surface area contributed by atoms with Gasteiger partial charge >= 0.3 is 0 Å². The number of halogens is 1. The predicted octanol–water partition coefficient (Wildman–Crippen LogP) is 4.05. The maximum atomic E-state index is 12.9. The molecule has 108 valence electrons. The van der Waals surface area contributed by atoms with E-state index in [1.165, 1.54) is 0 Å². The fourth-order valence-electron chi connectivity index (χ4n) is 3.44. The number of fused-ring (bicyclic) bond motifs is 1. The fourth-order valence-corrected chi connectivity index (χ4v) is 3.63. The van der Waals surface area contributed by atoms with Gasteiger partial charge < -0.3 is 4.90 Å². The summed E-state index contributed by atoms with van der Waals surface area (Å²) in [5.74, 6) is -0.0698. The van der Waals surface area contributed by atoms with Crippen molar-refractivity contribution in [3.63, 3.8) is 0 Å². The van der Waals surface area contributed by atoms with E-state index in [2.05, 4.69) is 6.07 Å². The molecule has 0 saturated heterocycles. The van der Waals surface area contributed by atoms with Crippen LogP contribution in [0, 0.1) is 11.3 Å². The van der Waals surface area contributed by atoms with Crippen LogP contribution in [0.3, 0.4) is 0 Å². The van der Waals surface area contributed by atoms with E-state index in [4.69, 9.17) is 11.6 Å². The van der Waals surface area contributed by atoms with Gasteiger partial charge in [-0.15, -0.1) is 0 Å². The molecule has 1 heterocycles. The van der Waals surface area contributed by atoms with E-state index in [9.17, 15) is 10.1 Å². The lowest BCUT2D eigenvalue weighted by atomic mass is 10.0. The van der Waals surface area contributed by atoms with E-state index in [0.29, 0.717) is 10.6 Å². The van der Waals surface area contributed by atoms with Gasteiger partial charge in [-0.3, -0.25) is 4.79 Å². The Morgan fingerprint density at radius 3 is 2.55 bits per heavy atom. The molecular weight excluding hydrogens is 296 g/mol. The number of nitrogens with zero attached hydrogens (tertiary/aromatic N) is 2. The molecule has 22 heavy (non-hydrogen) atoms. The van der Waals surface area contributed by atoms with E-state index < -0.39 is 6.04 Å². The standard InChI is InChI=1S/C18H13ClN2O/c19-13-6-7-14-15(10-13)16(11-20)21(17(14)22)18(8-9-18)12-4-2-1-3-5-12/h1-7,10,16H,8-9H2. The molecule has 1 amide bonds. The van der Waals surface area contributed by atoms with Crippen LogP contribution in [0.15, 0.2) is 48.5 Å².